The second-order valence-electron chi connectivity index (χ2n) is 5.56. The Labute approximate surface area is 140 Å². The third-order valence-electron chi connectivity index (χ3n) is 3.68. The summed E-state index contributed by atoms with van der Waals surface area (Å²) in [5.41, 5.74) is 8.19. The third-order valence-corrected chi connectivity index (χ3v) is 5.15. The maximum atomic E-state index is 12.1. The van der Waals surface area contributed by atoms with Crippen LogP contribution in [-0.2, 0) is 16.4 Å². The number of nitrogens with one attached hydrogen (secondary N) is 1. The van der Waals surface area contributed by atoms with Gasteiger partial charge in [-0.1, -0.05) is 6.07 Å². The maximum absolute atomic E-state index is 12.1. The highest BCUT2D eigenvalue weighted by molar-refractivity contribution is 7.89. The first-order valence-electron chi connectivity index (χ1n) is 7.11. The molecule has 1 aromatic carbocycles. The van der Waals surface area contributed by atoms with Gasteiger partial charge in [-0.05, 0) is 48.9 Å². The monoisotopic (exact) mass is 372 g/mol. The van der Waals surface area contributed by atoms with Gasteiger partial charge in [0.15, 0.2) is 0 Å². The van der Waals surface area contributed by atoms with Crippen molar-refractivity contribution in [2.24, 2.45) is 0 Å². The van der Waals surface area contributed by atoms with Crippen molar-refractivity contribution in [2.45, 2.75) is 44.3 Å². The van der Waals surface area contributed by atoms with Gasteiger partial charge >= 0.3 is 6.18 Å². The molecular formula is C14H20ClF3N2O2S. The van der Waals surface area contributed by atoms with Crippen molar-refractivity contribution < 1.29 is 21.6 Å². The average molecular weight is 373 g/mol. The van der Waals surface area contributed by atoms with E-state index in [0.717, 1.165) is 24.0 Å². The summed E-state index contributed by atoms with van der Waals surface area (Å²) in [5, 5.41) is 0. The van der Waals surface area contributed by atoms with Gasteiger partial charge in [-0.15, -0.1) is 12.4 Å². The zero-order valence-electron chi connectivity index (χ0n) is 12.4. The van der Waals surface area contributed by atoms with E-state index in [1.807, 2.05) is 6.07 Å². The molecule has 23 heavy (non-hydrogen) atoms. The molecule has 9 heteroatoms. The van der Waals surface area contributed by atoms with Crippen molar-refractivity contribution in [3.05, 3.63) is 29.3 Å². The molecule has 0 saturated heterocycles. The Kier molecular flexibility index (Phi) is 6.73. The van der Waals surface area contributed by atoms with E-state index < -0.39 is 34.8 Å². The van der Waals surface area contributed by atoms with Crippen LogP contribution < -0.4 is 10.5 Å². The Balaban J connectivity index is 0.00000264. The number of nitrogens with two attached hydrogens (primary N) is 1. The molecule has 0 fully saturated rings. The number of fused-ring (bicyclic) bond motifs is 1. The molecular weight excluding hydrogens is 353 g/mol. The molecule has 132 valence electrons. The minimum atomic E-state index is -4.33. The summed E-state index contributed by atoms with van der Waals surface area (Å²) in [4.78, 5) is 0. The molecule has 0 amide bonds. The summed E-state index contributed by atoms with van der Waals surface area (Å²) in [6, 6.07) is 4.92. The van der Waals surface area contributed by atoms with Gasteiger partial charge in [-0.2, -0.15) is 13.2 Å². The first-order valence-corrected chi connectivity index (χ1v) is 8.76. The zero-order valence-corrected chi connectivity index (χ0v) is 14.0. The van der Waals surface area contributed by atoms with Crippen molar-refractivity contribution in [1.29, 1.82) is 0 Å². The van der Waals surface area contributed by atoms with Gasteiger partial charge in [0.1, 0.15) is 0 Å². The van der Waals surface area contributed by atoms with Gasteiger partial charge in [0, 0.05) is 18.2 Å². The Morgan fingerprint density at radius 2 is 2.00 bits per heavy atom. The lowest BCUT2D eigenvalue weighted by Gasteiger charge is -2.26. The highest BCUT2D eigenvalue weighted by atomic mass is 35.5. The van der Waals surface area contributed by atoms with Crippen LogP contribution in [0.3, 0.4) is 0 Å². The predicted molar refractivity (Wildman–Crippen MR) is 86.0 cm³/mol. The van der Waals surface area contributed by atoms with Crippen LogP contribution in [0.25, 0.3) is 0 Å². The first kappa shape index (κ1) is 20.1. The van der Waals surface area contributed by atoms with E-state index in [1.54, 1.807) is 12.1 Å². The summed E-state index contributed by atoms with van der Waals surface area (Å²) in [6.07, 6.45) is -3.58. The number of hydrogen-bond donors (Lipinski definition) is 2. The summed E-state index contributed by atoms with van der Waals surface area (Å²) in [6.45, 7) is 0. The van der Waals surface area contributed by atoms with E-state index in [0.29, 0.717) is 12.1 Å². The molecule has 1 aliphatic rings. The molecule has 1 atom stereocenters. The van der Waals surface area contributed by atoms with Crippen LogP contribution in [0.4, 0.5) is 18.9 Å². The van der Waals surface area contributed by atoms with Crippen molar-refractivity contribution >= 4 is 28.1 Å². The number of nitrogen functional groups attached to an aromatic ring is 1. The Hall–Kier alpha value is -0.990. The number of sulfonamides is 1. The molecule has 0 aliphatic heterocycles. The normalized spacial score (nSPS) is 18.1. The van der Waals surface area contributed by atoms with Crippen LogP contribution in [0.15, 0.2) is 18.2 Å². The first-order chi connectivity index (χ1) is 10.2. The largest absolute Gasteiger partial charge is 0.399 e. The highest BCUT2D eigenvalue weighted by Gasteiger charge is 2.29. The lowest BCUT2D eigenvalue weighted by molar-refractivity contribution is -0.134. The van der Waals surface area contributed by atoms with Crippen LogP contribution in [0, 0.1) is 0 Å². The standard InChI is InChI=1S/C14H19F3N2O2S.ClH/c15-14(16,17)7-2-8-22(20,21)19-13-4-1-3-10-9-11(18)5-6-12(10)13;/h5-6,9,13,19H,1-4,7-8,18H2;1H. The molecule has 2 rings (SSSR count). The van der Waals surface area contributed by atoms with E-state index in [4.69, 9.17) is 5.73 Å². The lowest BCUT2D eigenvalue weighted by Crippen LogP contribution is -2.33. The quantitative estimate of drug-likeness (QED) is 0.779. The molecule has 0 heterocycles. The smallest absolute Gasteiger partial charge is 0.389 e. The molecule has 0 saturated carbocycles. The molecule has 1 aromatic rings. The molecule has 1 aliphatic carbocycles. The number of anilines is 1. The van der Waals surface area contributed by atoms with Crippen molar-refractivity contribution in [3.63, 3.8) is 0 Å². The Morgan fingerprint density at radius 3 is 2.65 bits per heavy atom. The highest BCUT2D eigenvalue weighted by Crippen LogP contribution is 2.31. The number of alkyl halides is 3. The second kappa shape index (κ2) is 7.72. The van der Waals surface area contributed by atoms with Crippen molar-refractivity contribution in [3.8, 4) is 0 Å². The predicted octanol–water partition coefficient (Wildman–Crippen LogP) is 3.33. The molecule has 0 bridgehead atoms. The van der Waals surface area contributed by atoms with Crippen LogP contribution in [0.1, 0.15) is 42.9 Å². The Bertz CT molecular complexity index is 635. The summed E-state index contributed by atoms with van der Waals surface area (Å²) in [7, 11) is -3.74. The van der Waals surface area contributed by atoms with Gasteiger partial charge in [0.25, 0.3) is 0 Å². The van der Waals surface area contributed by atoms with Gasteiger partial charge in [-0.25, -0.2) is 13.1 Å². The maximum Gasteiger partial charge on any atom is 0.389 e. The number of benzene rings is 1. The summed E-state index contributed by atoms with van der Waals surface area (Å²) < 4.78 is 62.7. The van der Waals surface area contributed by atoms with E-state index in [-0.39, 0.29) is 18.4 Å². The molecule has 0 aromatic heterocycles. The SMILES string of the molecule is Cl.Nc1ccc2c(c1)CCCC2NS(=O)(=O)CCCC(F)(F)F. The minimum Gasteiger partial charge on any atom is -0.399 e. The van der Waals surface area contributed by atoms with Crippen LogP contribution in [0.5, 0.6) is 0 Å². The van der Waals surface area contributed by atoms with Crippen LogP contribution in [-0.4, -0.2) is 20.3 Å². The number of hydrogen-bond acceptors (Lipinski definition) is 3. The summed E-state index contributed by atoms with van der Waals surface area (Å²) in [5.74, 6) is -0.521. The Morgan fingerprint density at radius 1 is 1.30 bits per heavy atom. The molecule has 0 spiro atoms. The molecule has 4 nitrogen and oxygen atoms in total. The van der Waals surface area contributed by atoms with Crippen LogP contribution in [0.2, 0.25) is 0 Å². The molecule has 1 unspecified atom stereocenters. The second-order valence-corrected chi connectivity index (χ2v) is 7.43. The van der Waals surface area contributed by atoms with Gasteiger partial charge in [0.2, 0.25) is 10.0 Å². The molecule has 3 N–H and O–H groups in total. The van der Waals surface area contributed by atoms with Gasteiger partial charge in [0.05, 0.1) is 5.75 Å². The minimum absolute atomic E-state index is 0. The van der Waals surface area contributed by atoms with E-state index in [1.165, 1.54) is 0 Å². The van der Waals surface area contributed by atoms with Gasteiger partial charge in [-0.3, -0.25) is 0 Å². The van der Waals surface area contributed by atoms with Gasteiger partial charge < -0.3 is 5.73 Å². The fourth-order valence-electron chi connectivity index (χ4n) is 2.69. The lowest BCUT2D eigenvalue weighted by atomic mass is 9.88. The van der Waals surface area contributed by atoms with Crippen molar-refractivity contribution in [2.75, 3.05) is 11.5 Å². The average Bonchev–Trinajstić information content (AvgIpc) is 2.36. The number of halogens is 4. The number of rotatable bonds is 5. The van der Waals surface area contributed by atoms with E-state index in [9.17, 15) is 21.6 Å². The summed E-state index contributed by atoms with van der Waals surface area (Å²) >= 11 is 0. The fourth-order valence-corrected chi connectivity index (χ4v) is 4.02. The van der Waals surface area contributed by atoms with Crippen LogP contribution >= 0.6 is 12.4 Å². The van der Waals surface area contributed by atoms with E-state index >= 15 is 0 Å². The molecule has 0 radical (unpaired) electrons. The number of aryl methyl sites for hydroxylation is 1. The third kappa shape index (κ3) is 6.19. The van der Waals surface area contributed by atoms with E-state index in [2.05, 4.69) is 4.72 Å². The van der Waals surface area contributed by atoms with Crippen molar-refractivity contribution in [1.82, 2.24) is 4.72 Å². The fraction of sp³-hybridized carbons (Fsp3) is 0.571. The topological polar surface area (TPSA) is 72.2 Å². The zero-order chi connectivity index (χ0) is 16.4.